The van der Waals surface area contributed by atoms with Gasteiger partial charge in [0.1, 0.15) is 5.78 Å². The maximum atomic E-state index is 11.7. The van der Waals surface area contributed by atoms with Crippen molar-refractivity contribution in [3.63, 3.8) is 0 Å². The molecule has 2 nitrogen and oxygen atoms in total. The van der Waals surface area contributed by atoms with Crippen LogP contribution < -0.4 is 0 Å². The quantitative estimate of drug-likeness (QED) is 0.710. The van der Waals surface area contributed by atoms with Gasteiger partial charge in [0.2, 0.25) is 0 Å². The van der Waals surface area contributed by atoms with E-state index in [-0.39, 0.29) is 5.92 Å². The van der Waals surface area contributed by atoms with Gasteiger partial charge in [-0.1, -0.05) is 24.1 Å². The Hall–Kier alpha value is -1.44. The van der Waals surface area contributed by atoms with Crippen LogP contribution in [0.25, 0.3) is 0 Å². The Kier molecular flexibility index (Phi) is 3.72. The number of nitrogens with zero attached hydrogens (tertiary/aromatic N) is 1. The van der Waals surface area contributed by atoms with Crippen LogP contribution in [0, 0.1) is 19.8 Å². The van der Waals surface area contributed by atoms with Crippen LogP contribution in [-0.2, 0) is 4.79 Å². The van der Waals surface area contributed by atoms with Gasteiger partial charge in [0.05, 0.1) is 11.6 Å². The zero-order chi connectivity index (χ0) is 12.3. The van der Waals surface area contributed by atoms with E-state index < -0.39 is 0 Å². The molecule has 1 unspecified atom stereocenters. The lowest BCUT2D eigenvalue weighted by molar-refractivity contribution is -0.122. The van der Waals surface area contributed by atoms with Crippen LogP contribution in [0.2, 0.25) is 0 Å². The summed E-state index contributed by atoms with van der Waals surface area (Å²) in [4.78, 5) is 16.1. The Morgan fingerprint density at radius 3 is 2.82 bits per heavy atom. The van der Waals surface area contributed by atoms with Gasteiger partial charge in [-0.25, -0.2) is 0 Å². The molecule has 0 heterocycles. The summed E-state index contributed by atoms with van der Waals surface area (Å²) in [5, 5.41) is 0. The van der Waals surface area contributed by atoms with Gasteiger partial charge in [0, 0.05) is 12.6 Å². The number of aryl methyl sites for hydroxylation is 2. The first-order valence-corrected chi connectivity index (χ1v) is 6.31. The Labute approximate surface area is 103 Å². The minimum absolute atomic E-state index is 0.0458. The highest BCUT2D eigenvalue weighted by Gasteiger charge is 2.19. The second-order valence-electron chi connectivity index (χ2n) is 4.89. The number of carbonyl (C=O) groups is 1. The molecule has 1 aliphatic rings. The molecule has 90 valence electrons. The van der Waals surface area contributed by atoms with Crippen molar-refractivity contribution in [2.75, 3.05) is 0 Å². The number of benzene rings is 1. The number of Topliss-reactive ketones (excluding diaryl/α,β-unsaturated/α-hetero) is 1. The Morgan fingerprint density at radius 1 is 1.29 bits per heavy atom. The van der Waals surface area contributed by atoms with Crippen molar-refractivity contribution in [1.29, 1.82) is 0 Å². The molecule has 1 aromatic rings. The van der Waals surface area contributed by atoms with Crippen LogP contribution in [0.4, 0.5) is 5.69 Å². The fraction of sp³-hybridized carbons (Fsp3) is 0.467. The lowest BCUT2D eigenvalue weighted by atomic mass is 9.89. The molecule has 17 heavy (non-hydrogen) atoms. The molecule has 2 rings (SSSR count). The third-order valence-corrected chi connectivity index (χ3v) is 3.35. The normalized spacial score (nSPS) is 21.1. The van der Waals surface area contributed by atoms with Crippen LogP contribution in [0.15, 0.2) is 23.2 Å². The largest absolute Gasteiger partial charge is 0.299 e. The minimum Gasteiger partial charge on any atom is -0.299 e. The molecule has 1 saturated carbocycles. The number of aliphatic imine (C=N–C) groups is 1. The molecule has 0 radical (unpaired) electrons. The number of ketones is 1. The molecule has 1 aliphatic carbocycles. The highest BCUT2D eigenvalue weighted by Crippen LogP contribution is 2.22. The second kappa shape index (κ2) is 5.26. The van der Waals surface area contributed by atoms with Crippen LogP contribution in [0.1, 0.15) is 36.8 Å². The zero-order valence-electron chi connectivity index (χ0n) is 10.6. The molecule has 0 saturated heterocycles. The fourth-order valence-electron chi connectivity index (χ4n) is 2.29. The van der Waals surface area contributed by atoms with Crippen molar-refractivity contribution in [1.82, 2.24) is 0 Å². The van der Waals surface area contributed by atoms with Crippen LogP contribution in [-0.4, -0.2) is 12.0 Å². The summed E-state index contributed by atoms with van der Waals surface area (Å²) in [6, 6.07) is 6.20. The summed E-state index contributed by atoms with van der Waals surface area (Å²) in [5.74, 6) is 0.397. The molecule has 2 heteroatoms. The standard InChI is InChI=1S/C15H19NO/c1-11-7-8-14(12(2)9-11)16-10-13-5-3-4-6-15(13)17/h7-10,13H,3-6H2,1-2H3. The summed E-state index contributed by atoms with van der Waals surface area (Å²) in [5.41, 5.74) is 3.40. The first-order chi connectivity index (χ1) is 8.16. The second-order valence-corrected chi connectivity index (χ2v) is 4.89. The molecular weight excluding hydrogens is 210 g/mol. The molecule has 0 bridgehead atoms. The van der Waals surface area contributed by atoms with E-state index in [2.05, 4.69) is 31.0 Å². The van der Waals surface area contributed by atoms with Gasteiger partial charge >= 0.3 is 0 Å². The highest BCUT2D eigenvalue weighted by atomic mass is 16.1. The van der Waals surface area contributed by atoms with Crippen molar-refractivity contribution < 1.29 is 4.79 Å². The third kappa shape index (κ3) is 3.02. The van der Waals surface area contributed by atoms with E-state index in [9.17, 15) is 4.79 Å². The summed E-state index contributed by atoms with van der Waals surface area (Å²) < 4.78 is 0. The lowest BCUT2D eigenvalue weighted by Gasteiger charge is -2.16. The summed E-state index contributed by atoms with van der Waals surface area (Å²) in [6.07, 6.45) is 5.73. The molecule has 0 spiro atoms. The Bertz CT molecular complexity index is 448. The van der Waals surface area contributed by atoms with E-state index in [0.29, 0.717) is 5.78 Å². The molecule has 1 atom stereocenters. The van der Waals surface area contributed by atoms with E-state index in [1.807, 2.05) is 12.3 Å². The summed E-state index contributed by atoms with van der Waals surface area (Å²) in [7, 11) is 0. The van der Waals surface area contributed by atoms with E-state index in [0.717, 1.165) is 31.4 Å². The predicted molar refractivity (Wildman–Crippen MR) is 71.0 cm³/mol. The topological polar surface area (TPSA) is 29.4 Å². The number of hydrogen-bond acceptors (Lipinski definition) is 2. The lowest BCUT2D eigenvalue weighted by Crippen LogP contribution is -2.19. The van der Waals surface area contributed by atoms with Gasteiger partial charge in [-0.3, -0.25) is 9.79 Å². The molecule has 0 aliphatic heterocycles. The Morgan fingerprint density at radius 2 is 2.12 bits per heavy atom. The van der Waals surface area contributed by atoms with Gasteiger partial charge in [-0.15, -0.1) is 0 Å². The molecule has 1 fully saturated rings. The van der Waals surface area contributed by atoms with Crippen LogP contribution in [0.3, 0.4) is 0 Å². The van der Waals surface area contributed by atoms with Gasteiger partial charge in [0.15, 0.2) is 0 Å². The number of rotatable bonds is 2. The van der Waals surface area contributed by atoms with E-state index >= 15 is 0 Å². The van der Waals surface area contributed by atoms with Crippen LogP contribution in [0.5, 0.6) is 0 Å². The van der Waals surface area contributed by atoms with Crippen molar-refractivity contribution in [3.8, 4) is 0 Å². The average Bonchev–Trinajstić information content (AvgIpc) is 2.30. The van der Waals surface area contributed by atoms with Crippen molar-refractivity contribution in [2.45, 2.75) is 39.5 Å². The average molecular weight is 229 g/mol. The monoisotopic (exact) mass is 229 g/mol. The predicted octanol–water partition coefficient (Wildman–Crippen LogP) is 3.77. The van der Waals surface area contributed by atoms with Crippen molar-refractivity contribution >= 4 is 17.7 Å². The molecule has 1 aromatic carbocycles. The number of hydrogen-bond donors (Lipinski definition) is 0. The summed E-state index contributed by atoms with van der Waals surface area (Å²) in [6.45, 7) is 4.13. The van der Waals surface area contributed by atoms with Crippen molar-refractivity contribution in [2.24, 2.45) is 10.9 Å². The van der Waals surface area contributed by atoms with Crippen molar-refractivity contribution in [3.05, 3.63) is 29.3 Å². The number of carbonyl (C=O) groups excluding carboxylic acids is 1. The van der Waals surface area contributed by atoms with Crippen LogP contribution >= 0.6 is 0 Å². The maximum absolute atomic E-state index is 11.7. The SMILES string of the molecule is Cc1ccc(N=CC2CCCCC2=O)c(C)c1. The minimum atomic E-state index is 0.0458. The smallest absolute Gasteiger partial charge is 0.141 e. The van der Waals surface area contributed by atoms with E-state index in [4.69, 9.17) is 0 Å². The molecule has 0 aromatic heterocycles. The van der Waals surface area contributed by atoms with E-state index in [1.54, 1.807) is 0 Å². The van der Waals surface area contributed by atoms with Gasteiger partial charge in [0.25, 0.3) is 0 Å². The van der Waals surface area contributed by atoms with Gasteiger partial charge in [-0.05, 0) is 38.3 Å². The maximum Gasteiger partial charge on any atom is 0.141 e. The molecule has 0 N–H and O–H groups in total. The fourth-order valence-corrected chi connectivity index (χ4v) is 2.29. The first-order valence-electron chi connectivity index (χ1n) is 6.31. The highest BCUT2D eigenvalue weighted by molar-refractivity contribution is 5.96. The molecule has 0 amide bonds. The Balaban J connectivity index is 2.11. The summed E-state index contributed by atoms with van der Waals surface area (Å²) >= 11 is 0. The zero-order valence-corrected chi connectivity index (χ0v) is 10.6. The van der Waals surface area contributed by atoms with Gasteiger partial charge in [-0.2, -0.15) is 0 Å². The van der Waals surface area contributed by atoms with E-state index in [1.165, 1.54) is 11.1 Å². The van der Waals surface area contributed by atoms with Gasteiger partial charge < -0.3 is 0 Å². The first kappa shape index (κ1) is 12.0. The third-order valence-electron chi connectivity index (χ3n) is 3.35. The molecular formula is C15H19NO.